The Kier molecular flexibility index (Phi) is 3.66. The van der Waals surface area contributed by atoms with Crippen LogP contribution in [0.5, 0.6) is 23.0 Å². The molecule has 2 atom stereocenters. The first-order chi connectivity index (χ1) is 13.2. The van der Waals surface area contributed by atoms with Gasteiger partial charge in [0.05, 0.1) is 6.61 Å². The van der Waals surface area contributed by atoms with Gasteiger partial charge in [-0.1, -0.05) is 18.2 Å². The number of phenolic OH excluding ortho intramolecular Hbond substituents is 4. The number of fused-ring (bicyclic) bond motifs is 2. The van der Waals surface area contributed by atoms with Crippen molar-refractivity contribution >= 4 is 22.5 Å². The molecule has 3 aliphatic carbocycles. The third-order valence-electron chi connectivity index (χ3n) is 5.14. The summed E-state index contributed by atoms with van der Waals surface area (Å²) in [6.07, 6.45) is 3.65. The minimum atomic E-state index is -2.34. The van der Waals surface area contributed by atoms with Gasteiger partial charge < -0.3 is 30.3 Å². The average molecular weight is 384 g/mol. The topological polar surface area (TPSA) is 145 Å². The smallest absolute Gasteiger partial charge is 0.334 e. The standard InChI is InChI=1S/C20H16O8/c1-2-28-19(26)11-7-20(27)12(21)6-5-8(11)9-3-4-10-13(14(9)20)16(23)18(25)17(24)15(10)22/h3-8,22-25,27H,2H2,1H3/t8-,20-/m0/s1. The molecule has 8 nitrogen and oxygen atoms in total. The van der Waals surface area contributed by atoms with E-state index in [1.165, 1.54) is 18.2 Å². The molecular weight excluding hydrogens is 368 g/mol. The van der Waals surface area contributed by atoms with E-state index in [2.05, 4.69) is 0 Å². The Balaban J connectivity index is 2.13. The Hall–Kier alpha value is -3.52. The summed E-state index contributed by atoms with van der Waals surface area (Å²) < 4.78 is 5.02. The van der Waals surface area contributed by atoms with Gasteiger partial charge in [-0.05, 0) is 24.6 Å². The number of benzene rings is 2. The molecule has 0 unspecified atom stereocenters. The van der Waals surface area contributed by atoms with Crippen LogP contribution in [0, 0.1) is 0 Å². The highest BCUT2D eigenvalue weighted by atomic mass is 16.5. The Morgan fingerprint density at radius 1 is 1.11 bits per heavy atom. The van der Waals surface area contributed by atoms with Gasteiger partial charge in [0.25, 0.3) is 0 Å². The SMILES string of the molecule is CCOC(=O)C1=C[C@]2(O)C(=O)C=C[C@H]1c1ccc3c(O)c(O)c(O)c(O)c3c12. The molecule has 0 fully saturated rings. The second kappa shape index (κ2) is 5.74. The molecular formula is C20H16O8. The van der Waals surface area contributed by atoms with Gasteiger partial charge in [0.1, 0.15) is 0 Å². The van der Waals surface area contributed by atoms with Crippen molar-refractivity contribution in [3.05, 3.63) is 47.1 Å². The van der Waals surface area contributed by atoms with Gasteiger partial charge in [-0.2, -0.15) is 0 Å². The van der Waals surface area contributed by atoms with Crippen molar-refractivity contribution in [1.82, 2.24) is 0 Å². The third kappa shape index (κ3) is 2.09. The van der Waals surface area contributed by atoms with Crippen LogP contribution in [0.25, 0.3) is 10.8 Å². The number of phenols is 4. The molecule has 144 valence electrons. The van der Waals surface area contributed by atoms with Crippen LogP contribution in [0.1, 0.15) is 24.0 Å². The highest BCUT2D eigenvalue weighted by Gasteiger charge is 2.48. The molecule has 5 rings (SSSR count). The summed E-state index contributed by atoms with van der Waals surface area (Å²) in [5.41, 5.74) is -2.04. The monoisotopic (exact) mass is 384 g/mol. The van der Waals surface area contributed by atoms with E-state index >= 15 is 0 Å². The van der Waals surface area contributed by atoms with Crippen molar-refractivity contribution in [2.45, 2.75) is 18.4 Å². The lowest BCUT2D eigenvalue weighted by Crippen LogP contribution is -2.37. The largest absolute Gasteiger partial charge is 0.504 e. The van der Waals surface area contributed by atoms with E-state index in [0.717, 1.165) is 12.2 Å². The Morgan fingerprint density at radius 2 is 1.79 bits per heavy atom. The number of rotatable bonds is 2. The van der Waals surface area contributed by atoms with Crippen molar-refractivity contribution < 1.29 is 39.9 Å². The van der Waals surface area contributed by atoms with Crippen LogP contribution in [-0.2, 0) is 19.9 Å². The number of aromatic hydroxyl groups is 4. The van der Waals surface area contributed by atoms with E-state index in [1.54, 1.807) is 6.92 Å². The number of carbonyl (C=O) groups excluding carboxylic acids is 2. The van der Waals surface area contributed by atoms with E-state index in [4.69, 9.17) is 4.74 Å². The number of allylic oxidation sites excluding steroid dienone is 1. The van der Waals surface area contributed by atoms with Crippen LogP contribution in [0.2, 0.25) is 0 Å². The number of hydrogen-bond donors (Lipinski definition) is 5. The second-order valence-electron chi connectivity index (χ2n) is 6.63. The molecule has 0 amide bonds. The summed E-state index contributed by atoms with van der Waals surface area (Å²) in [5, 5.41) is 51.3. The van der Waals surface area contributed by atoms with Crippen LogP contribution < -0.4 is 0 Å². The first kappa shape index (κ1) is 17.9. The second-order valence-corrected chi connectivity index (χ2v) is 6.63. The molecule has 3 aliphatic rings. The molecule has 0 aliphatic heterocycles. The maximum Gasteiger partial charge on any atom is 0.334 e. The molecule has 28 heavy (non-hydrogen) atoms. The minimum Gasteiger partial charge on any atom is -0.504 e. The molecule has 2 bridgehead atoms. The average Bonchev–Trinajstić information content (AvgIpc) is 2.87. The summed E-state index contributed by atoms with van der Waals surface area (Å²) in [7, 11) is 0. The van der Waals surface area contributed by atoms with Crippen molar-refractivity contribution in [2.24, 2.45) is 0 Å². The fraction of sp³-hybridized carbons (Fsp3) is 0.200. The predicted molar refractivity (Wildman–Crippen MR) is 96.1 cm³/mol. The zero-order valence-corrected chi connectivity index (χ0v) is 14.6. The van der Waals surface area contributed by atoms with E-state index in [9.17, 15) is 35.1 Å². The highest BCUT2D eigenvalue weighted by molar-refractivity contribution is 6.11. The first-order valence-electron chi connectivity index (χ1n) is 8.50. The van der Waals surface area contributed by atoms with Gasteiger partial charge in [-0.25, -0.2) is 4.79 Å². The van der Waals surface area contributed by atoms with Crippen LogP contribution >= 0.6 is 0 Å². The molecule has 0 saturated carbocycles. The zero-order chi connectivity index (χ0) is 20.4. The summed E-state index contributed by atoms with van der Waals surface area (Å²) in [6, 6.07) is 2.83. The fourth-order valence-electron chi connectivity index (χ4n) is 3.87. The normalized spacial score (nSPS) is 22.7. The highest BCUT2D eigenvalue weighted by Crippen LogP contribution is 2.55. The summed E-state index contributed by atoms with van der Waals surface area (Å²) in [5.74, 6) is -5.65. The zero-order valence-electron chi connectivity index (χ0n) is 14.6. The van der Waals surface area contributed by atoms with Crippen molar-refractivity contribution in [3.8, 4) is 23.0 Å². The maximum atomic E-state index is 12.7. The number of ketones is 1. The molecule has 0 radical (unpaired) electrons. The summed E-state index contributed by atoms with van der Waals surface area (Å²) in [6.45, 7) is 1.73. The lowest BCUT2D eigenvalue weighted by Gasteiger charge is -2.33. The van der Waals surface area contributed by atoms with Crippen LogP contribution in [0.15, 0.2) is 35.9 Å². The molecule has 0 aromatic heterocycles. The Bertz CT molecular complexity index is 1130. The van der Waals surface area contributed by atoms with Gasteiger partial charge in [0, 0.05) is 27.8 Å². The van der Waals surface area contributed by atoms with E-state index in [-0.39, 0.29) is 28.5 Å². The molecule has 0 heterocycles. The summed E-state index contributed by atoms with van der Waals surface area (Å²) >= 11 is 0. The van der Waals surface area contributed by atoms with E-state index in [0.29, 0.717) is 5.56 Å². The molecule has 5 N–H and O–H groups in total. The maximum absolute atomic E-state index is 12.7. The molecule has 0 saturated heterocycles. The van der Waals surface area contributed by atoms with Gasteiger partial charge >= 0.3 is 5.97 Å². The number of hydrogen-bond acceptors (Lipinski definition) is 8. The van der Waals surface area contributed by atoms with Crippen molar-refractivity contribution in [1.29, 1.82) is 0 Å². The fourth-order valence-corrected chi connectivity index (χ4v) is 3.87. The van der Waals surface area contributed by atoms with Crippen LogP contribution in [0.3, 0.4) is 0 Å². The molecule has 2 aromatic rings. The molecule has 2 aromatic carbocycles. The Labute approximate surface area is 158 Å². The van der Waals surface area contributed by atoms with Gasteiger partial charge in [0.15, 0.2) is 22.9 Å². The predicted octanol–water partition coefficient (Wildman–Crippen LogP) is 1.58. The van der Waals surface area contributed by atoms with Gasteiger partial charge in [-0.15, -0.1) is 0 Å². The lowest BCUT2D eigenvalue weighted by atomic mass is 9.73. The van der Waals surface area contributed by atoms with Gasteiger partial charge in [-0.3, -0.25) is 4.79 Å². The van der Waals surface area contributed by atoms with Crippen LogP contribution in [0.4, 0.5) is 0 Å². The number of esters is 1. The van der Waals surface area contributed by atoms with Crippen molar-refractivity contribution in [3.63, 3.8) is 0 Å². The van der Waals surface area contributed by atoms with E-state index in [1.807, 2.05) is 0 Å². The van der Waals surface area contributed by atoms with Gasteiger partial charge in [0.2, 0.25) is 11.5 Å². The number of aliphatic hydroxyl groups is 1. The number of carbonyl (C=O) groups is 2. The molecule has 0 spiro atoms. The quantitative estimate of drug-likeness (QED) is 0.298. The molecule has 8 heteroatoms. The summed E-state index contributed by atoms with van der Waals surface area (Å²) in [4.78, 5) is 25.1. The van der Waals surface area contributed by atoms with Crippen LogP contribution in [-0.4, -0.2) is 43.9 Å². The first-order valence-corrected chi connectivity index (χ1v) is 8.50. The minimum absolute atomic E-state index is 0.0602. The van der Waals surface area contributed by atoms with Crippen molar-refractivity contribution in [2.75, 3.05) is 6.61 Å². The number of ether oxygens (including phenoxy) is 1. The Morgan fingerprint density at radius 3 is 2.46 bits per heavy atom. The van der Waals surface area contributed by atoms with E-state index < -0.39 is 46.3 Å². The third-order valence-corrected chi connectivity index (χ3v) is 5.14. The lowest BCUT2D eigenvalue weighted by molar-refractivity contribution is -0.139.